The van der Waals surface area contributed by atoms with Crippen LogP contribution in [0.3, 0.4) is 0 Å². The molecular weight excluding hydrogens is 384 g/mol. The first kappa shape index (κ1) is 21.5. The van der Waals surface area contributed by atoms with E-state index in [1.54, 1.807) is 0 Å². The molecule has 162 valence electrons. The minimum absolute atomic E-state index is 0.672. The van der Waals surface area contributed by atoms with Crippen molar-refractivity contribution in [2.24, 2.45) is 0 Å². The summed E-state index contributed by atoms with van der Waals surface area (Å²) in [4.78, 5) is 7.17. The summed E-state index contributed by atoms with van der Waals surface area (Å²) in [6.45, 7) is 5.92. The molecule has 0 radical (unpaired) electrons. The summed E-state index contributed by atoms with van der Waals surface area (Å²) in [5, 5.41) is 12.2. The van der Waals surface area contributed by atoms with Gasteiger partial charge in [0.15, 0.2) is 11.5 Å². The Bertz CT molecular complexity index is 981. The third kappa shape index (κ3) is 6.16. The maximum Gasteiger partial charge on any atom is 0.196 e. The summed E-state index contributed by atoms with van der Waals surface area (Å²) in [6.07, 6.45) is 9.05. The molecule has 1 N–H and O–H groups in total. The van der Waals surface area contributed by atoms with Crippen LogP contribution in [0.15, 0.2) is 46.9 Å². The molecule has 0 atom stereocenters. The average molecular weight is 417 g/mol. The van der Waals surface area contributed by atoms with Crippen LogP contribution in [-0.4, -0.2) is 42.6 Å². The first-order valence-corrected chi connectivity index (χ1v) is 11.6. The number of nitrogens with zero attached hydrogens (tertiary/aromatic N) is 3. The van der Waals surface area contributed by atoms with Gasteiger partial charge < -0.3 is 14.6 Å². The van der Waals surface area contributed by atoms with Crippen LogP contribution < -0.4 is 5.32 Å². The van der Waals surface area contributed by atoms with Gasteiger partial charge in [-0.3, -0.25) is 0 Å². The first-order valence-electron chi connectivity index (χ1n) is 11.6. The van der Waals surface area contributed by atoms with E-state index in [9.17, 15) is 0 Å². The van der Waals surface area contributed by atoms with E-state index in [0.29, 0.717) is 5.56 Å². The van der Waals surface area contributed by atoms with Gasteiger partial charge >= 0.3 is 0 Å². The lowest BCUT2D eigenvalue weighted by molar-refractivity contribution is 0.226. The lowest BCUT2D eigenvalue weighted by Crippen LogP contribution is -2.31. The third-order valence-corrected chi connectivity index (χ3v) is 6.08. The largest absolute Gasteiger partial charge is 0.441 e. The van der Waals surface area contributed by atoms with Crippen LogP contribution >= 0.6 is 0 Å². The van der Waals surface area contributed by atoms with Crippen molar-refractivity contribution in [3.63, 3.8) is 0 Å². The van der Waals surface area contributed by atoms with Gasteiger partial charge in [0.2, 0.25) is 0 Å². The predicted molar refractivity (Wildman–Crippen MR) is 125 cm³/mol. The number of benzene rings is 2. The maximum atomic E-state index is 8.91. The van der Waals surface area contributed by atoms with Crippen molar-refractivity contribution in [2.45, 2.75) is 44.9 Å². The van der Waals surface area contributed by atoms with Crippen LogP contribution in [0, 0.1) is 11.3 Å². The minimum Gasteiger partial charge on any atom is -0.441 e. The Morgan fingerprint density at radius 1 is 0.903 bits per heavy atom. The van der Waals surface area contributed by atoms with Crippen molar-refractivity contribution in [3.8, 4) is 17.2 Å². The number of piperidine rings is 2. The Labute approximate surface area is 185 Å². The van der Waals surface area contributed by atoms with E-state index in [1.807, 2.05) is 36.4 Å². The van der Waals surface area contributed by atoms with E-state index < -0.39 is 0 Å². The quantitative estimate of drug-likeness (QED) is 0.637. The number of hydrogen-bond acceptors (Lipinski definition) is 5. The van der Waals surface area contributed by atoms with Gasteiger partial charge in [-0.15, -0.1) is 0 Å². The zero-order chi connectivity index (χ0) is 21.3. The van der Waals surface area contributed by atoms with Gasteiger partial charge in [-0.25, -0.2) is 4.98 Å². The summed E-state index contributed by atoms with van der Waals surface area (Å²) in [7, 11) is 0. The van der Waals surface area contributed by atoms with E-state index >= 15 is 0 Å². The van der Waals surface area contributed by atoms with Crippen LogP contribution in [0.1, 0.15) is 50.0 Å². The molecule has 2 aliphatic rings. The molecule has 31 heavy (non-hydrogen) atoms. The van der Waals surface area contributed by atoms with Crippen molar-refractivity contribution in [2.75, 3.05) is 32.7 Å². The number of nitriles is 1. The molecule has 3 aromatic rings. The van der Waals surface area contributed by atoms with Gasteiger partial charge in [0.25, 0.3) is 0 Å². The topological polar surface area (TPSA) is 65.1 Å². The molecule has 5 rings (SSSR count). The van der Waals surface area contributed by atoms with Gasteiger partial charge in [-0.2, -0.15) is 5.26 Å². The van der Waals surface area contributed by atoms with Gasteiger partial charge in [0.05, 0.1) is 11.6 Å². The van der Waals surface area contributed by atoms with E-state index in [4.69, 9.17) is 9.68 Å². The smallest absolute Gasteiger partial charge is 0.196 e. The second-order valence-corrected chi connectivity index (χ2v) is 8.44. The molecule has 2 aliphatic heterocycles. The zero-order valence-electron chi connectivity index (χ0n) is 18.3. The molecule has 2 saturated heterocycles. The lowest BCUT2D eigenvalue weighted by Gasteiger charge is -2.25. The molecule has 5 heteroatoms. The number of aromatic nitrogens is 1. The van der Waals surface area contributed by atoms with Crippen molar-refractivity contribution >= 4 is 11.1 Å². The van der Waals surface area contributed by atoms with E-state index in [-0.39, 0.29) is 0 Å². The van der Waals surface area contributed by atoms with E-state index in [1.165, 1.54) is 64.7 Å². The number of fused-ring (bicyclic) bond motifs is 1. The molecule has 0 saturated carbocycles. The fourth-order valence-electron chi connectivity index (χ4n) is 4.24. The molecule has 3 heterocycles. The van der Waals surface area contributed by atoms with Crippen LogP contribution in [0.5, 0.6) is 0 Å². The predicted octanol–water partition coefficient (Wildman–Crippen LogP) is 5.15. The Hall–Kier alpha value is -2.68. The number of nitrogens with one attached hydrogen (secondary N) is 1. The summed E-state index contributed by atoms with van der Waals surface area (Å²) < 4.78 is 5.91. The fourth-order valence-corrected chi connectivity index (χ4v) is 4.24. The normalized spacial score (nSPS) is 17.0. The molecule has 2 fully saturated rings. The van der Waals surface area contributed by atoms with Gasteiger partial charge in [0, 0.05) is 13.0 Å². The van der Waals surface area contributed by atoms with Gasteiger partial charge in [0.1, 0.15) is 5.52 Å². The van der Waals surface area contributed by atoms with Gasteiger partial charge in [-0.05, 0) is 87.3 Å². The molecule has 0 spiro atoms. The Morgan fingerprint density at radius 3 is 2.26 bits per heavy atom. The van der Waals surface area contributed by atoms with Crippen LogP contribution in [0.4, 0.5) is 0 Å². The Morgan fingerprint density at radius 2 is 1.61 bits per heavy atom. The molecule has 0 unspecified atom stereocenters. The molecule has 0 aliphatic carbocycles. The lowest BCUT2D eigenvalue weighted by atomic mass is 10.0. The second-order valence-electron chi connectivity index (χ2n) is 8.44. The minimum atomic E-state index is 0.672. The summed E-state index contributed by atoms with van der Waals surface area (Å²) in [5.41, 5.74) is 4.58. The Kier molecular flexibility index (Phi) is 7.71. The molecule has 0 bridgehead atoms. The third-order valence-electron chi connectivity index (χ3n) is 6.08. The van der Waals surface area contributed by atoms with Crippen molar-refractivity contribution in [3.05, 3.63) is 53.9 Å². The number of likely N-dealkylation sites (tertiary alicyclic amines) is 1. The number of hydrogen-bond donors (Lipinski definition) is 1. The molecule has 0 amide bonds. The van der Waals surface area contributed by atoms with Gasteiger partial charge in [-0.1, -0.05) is 31.0 Å². The molecular formula is C26H32N4O. The van der Waals surface area contributed by atoms with Crippen molar-refractivity contribution in [1.29, 1.82) is 5.26 Å². The SMILES string of the molecule is C1CCNCC1.N#Cc1ccc(-c2ccc3oc(CCN4CCCCC4)nc3c2)cc1. The van der Waals surface area contributed by atoms with Crippen LogP contribution in [0.25, 0.3) is 22.2 Å². The fraction of sp³-hybridized carbons (Fsp3) is 0.462. The molecule has 5 nitrogen and oxygen atoms in total. The first-order chi connectivity index (χ1) is 15.3. The summed E-state index contributed by atoms with van der Waals surface area (Å²) in [5.74, 6) is 0.817. The van der Waals surface area contributed by atoms with Crippen LogP contribution in [-0.2, 0) is 6.42 Å². The second kappa shape index (κ2) is 11.1. The van der Waals surface area contributed by atoms with Crippen molar-refractivity contribution in [1.82, 2.24) is 15.2 Å². The zero-order valence-corrected chi connectivity index (χ0v) is 18.3. The highest BCUT2D eigenvalue weighted by Crippen LogP contribution is 2.25. The highest BCUT2D eigenvalue weighted by atomic mass is 16.3. The highest BCUT2D eigenvalue weighted by molar-refractivity contribution is 5.80. The number of rotatable bonds is 4. The Balaban J connectivity index is 0.000000334. The van der Waals surface area contributed by atoms with Crippen molar-refractivity contribution < 1.29 is 4.42 Å². The van der Waals surface area contributed by atoms with E-state index in [0.717, 1.165) is 41.1 Å². The van der Waals surface area contributed by atoms with Crippen LogP contribution in [0.2, 0.25) is 0 Å². The maximum absolute atomic E-state index is 8.91. The van der Waals surface area contributed by atoms with E-state index in [2.05, 4.69) is 27.3 Å². The summed E-state index contributed by atoms with van der Waals surface area (Å²) >= 11 is 0. The molecule has 2 aromatic carbocycles. The highest BCUT2D eigenvalue weighted by Gasteiger charge is 2.12. The average Bonchev–Trinajstić information content (AvgIpc) is 3.27. The standard InChI is InChI=1S/C21H21N3O.C5H11N/c22-15-16-4-6-17(7-5-16)18-8-9-20-19(14-18)23-21(25-20)10-13-24-11-2-1-3-12-24;1-2-4-6-5-3-1/h4-9,14H,1-3,10-13H2;6H,1-5H2. The number of oxazole rings is 1. The monoisotopic (exact) mass is 416 g/mol. The molecule has 1 aromatic heterocycles. The summed E-state index contributed by atoms with van der Waals surface area (Å²) in [6, 6.07) is 15.9.